The van der Waals surface area contributed by atoms with Crippen molar-refractivity contribution >= 4 is 11.9 Å². The molecular formula is C18H20N2O4. The number of aromatic nitrogens is 1. The van der Waals surface area contributed by atoms with E-state index in [1.54, 1.807) is 39.8 Å². The van der Waals surface area contributed by atoms with Crippen LogP contribution in [0.5, 0.6) is 5.75 Å². The lowest BCUT2D eigenvalue weighted by atomic mass is 9.89. The Bertz CT molecular complexity index is 751. The van der Waals surface area contributed by atoms with Crippen molar-refractivity contribution in [2.24, 2.45) is 13.0 Å². The summed E-state index contributed by atoms with van der Waals surface area (Å²) in [7, 11) is 3.18. The molecule has 2 aromatic rings. The van der Waals surface area contributed by atoms with Gasteiger partial charge in [0.15, 0.2) is 0 Å². The molecule has 0 bridgehead atoms. The van der Waals surface area contributed by atoms with Gasteiger partial charge >= 0.3 is 5.97 Å². The number of carbonyl (C=O) groups excluding carboxylic acids is 2. The molecule has 24 heavy (non-hydrogen) atoms. The summed E-state index contributed by atoms with van der Waals surface area (Å²) in [6.07, 6.45) is 1.82. The number of phenolic OH excluding ortho intramolecular Hbond substituents is 1. The van der Waals surface area contributed by atoms with E-state index in [0.717, 1.165) is 5.56 Å². The van der Waals surface area contributed by atoms with Crippen molar-refractivity contribution in [1.29, 1.82) is 0 Å². The minimum atomic E-state index is -0.413. The molecule has 2 atom stereocenters. The molecule has 1 aliphatic rings. The first-order valence-electron chi connectivity index (χ1n) is 7.78. The van der Waals surface area contributed by atoms with Crippen molar-refractivity contribution in [1.82, 2.24) is 9.47 Å². The fourth-order valence-corrected chi connectivity index (χ4v) is 3.26. The molecule has 3 rings (SSSR count). The second-order valence-corrected chi connectivity index (χ2v) is 6.04. The highest BCUT2D eigenvalue weighted by atomic mass is 16.5. The molecule has 0 unspecified atom stereocenters. The highest BCUT2D eigenvalue weighted by molar-refractivity contribution is 5.93. The van der Waals surface area contributed by atoms with E-state index in [1.165, 1.54) is 7.11 Å². The third-order valence-corrected chi connectivity index (χ3v) is 4.60. The van der Waals surface area contributed by atoms with E-state index in [9.17, 15) is 14.7 Å². The summed E-state index contributed by atoms with van der Waals surface area (Å²) in [6.45, 7) is 0.761. The number of aryl methyl sites for hydroxylation is 1. The van der Waals surface area contributed by atoms with E-state index in [2.05, 4.69) is 0 Å². The second-order valence-electron chi connectivity index (χ2n) is 6.04. The van der Waals surface area contributed by atoms with E-state index in [4.69, 9.17) is 4.74 Å². The lowest BCUT2D eigenvalue weighted by molar-refractivity contribution is -0.145. The number of benzene rings is 1. The van der Waals surface area contributed by atoms with Crippen LogP contribution in [0, 0.1) is 5.92 Å². The van der Waals surface area contributed by atoms with Gasteiger partial charge in [-0.3, -0.25) is 9.59 Å². The molecule has 1 aliphatic heterocycles. The van der Waals surface area contributed by atoms with Crippen LogP contribution in [-0.4, -0.2) is 46.6 Å². The van der Waals surface area contributed by atoms with Gasteiger partial charge in [0.1, 0.15) is 11.4 Å². The Morgan fingerprint density at radius 3 is 2.46 bits per heavy atom. The SMILES string of the molecule is COC(=O)[C@@H]1CN(C(=O)c2cccn2C)C[C@H]1c1ccc(O)cc1. The van der Waals surface area contributed by atoms with Crippen molar-refractivity contribution < 1.29 is 19.4 Å². The highest BCUT2D eigenvalue weighted by Gasteiger charge is 2.41. The van der Waals surface area contributed by atoms with E-state index in [0.29, 0.717) is 18.8 Å². The summed E-state index contributed by atoms with van der Waals surface area (Å²) >= 11 is 0. The van der Waals surface area contributed by atoms with Crippen LogP contribution in [0.2, 0.25) is 0 Å². The quantitative estimate of drug-likeness (QED) is 0.872. The number of methoxy groups -OCH3 is 1. The topological polar surface area (TPSA) is 71.8 Å². The maximum Gasteiger partial charge on any atom is 0.311 e. The average Bonchev–Trinajstić information content (AvgIpc) is 3.21. The highest BCUT2D eigenvalue weighted by Crippen LogP contribution is 2.34. The number of nitrogens with zero attached hydrogens (tertiary/aromatic N) is 2. The van der Waals surface area contributed by atoms with Crippen molar-refractivity contribution in [3.05, 3.63) is 53.9 Å². The molecule has 0 aliphatic carbocycles. The van der Waals surface area contributed by atoms with Gasteiger partial charge in [0.2, 0.25) is 0 Å². The van der Waals surface area contributed by atoms with Gasteiger partial charge in [-0.2, -0.15) is 0 Å². The summed E-state index contributed by atoms with van der Waals surface area (Å²) in [4.78, 5) is 26.6. The van der Waals surface area contributed by atoms with E-state index >= 15 is 0 Å². The van der Waals surface area contributed by atoms with Crippen LogP contribution in [0.25, 0.3) is 0 Å². The Kier molecular flexibility index (Phi) is 4.29. The second kappa shape index (κ2) is 6.39. The molecule has 6 nitrogen and oxygen atoms in total. The van der Waals surface area contributed by atoms with Gasteiger partial charge in [-0.25, -0.2) is 0 Å². The van der Waals surface area contributed by atoms with E-state index in [1.807, 2.05) is 19.3 Å². The first-order valence-corrected chi connectivity index (χ1v) is 7.78. The molecular weight excluding hydrogens is 308 g/mol. The minimum absolute atomic E-state index is 0.0994. The molecule has 2 heterocycles. The molecule has 1 N–H and O–H groups in total. The molecule has 1 fully saturated rings. The van der Waals surface area contributed by atoms with E-state index < -0.39 is 5.92 Å². The third-order valence-electron chi connectivity index (χ3n) is 4.60. The number of amides is 1. The van der Waals surface area contributed by atoms with Crippen LogP contribution in [0.1, 0.15) is 22.0 Å². The zero-order chi connectivity index (χ0) is 17.3. The van der Waals surface area contributed by atoms with Gasteiger partial charge in [-0.1, -0.05) is 12.1 Å². The molecule has 0 saturated carbocycles. The van der Waals surface area contributed by atoms with Crippen LogP contribution in [0.4, 0.5) is 0 Å². The van der Waals surface area contributed by atoms with Crippen molar-refractivity contribution in [2.45, 2.75) is 5.92 Å². The largest absolute Gasteiger partial charge is 0.508 e. The van der Waals surface area contributed by atoms with Gasteiger partial charge in [0, 0.05) is 32.3 Å². The van der Waals surface area contributed by atoms with Crippen molar-refractivity contribution in [2.75, 3.05) is 20.2 Å². The smallest absolute Gasteiger partial charge is 0.311 e. The van der Waals surface area contributed by atoms with Crippen LogP contribution in [0.15, 0.2) is 42.6 Å². The Hall–Kier alpha value is -2.76. The number of ether oxygens (including phenoxy) is 1. The molecule has 1 amide bonds. The lowest BCUT2D eigenvalue weighted by Gasteiger charge is -2.17. The van der Waals surface area contributed by atoms with E-state index in [-0.39, 0.29) is 23.5 Å². The van der Waals surface area contributed by atoms with Crippen LogP contribution < -0.4 is 0 Å². The average molecular weight is 328 g/mol. The zero-order valence-corrected chi connectivity index (χ0v) is 13.7. The summed E-state index contributed by atoms with van der Waals surface area (Å²) in [5.41, 5.74) is 1.50. The number of hydrogen-bond donors (Lipinski definition) is 1. The fourth-order valence-electron chi connectivity index (χ4n) is 3.26. The predicted molar refractivity (Wildman–Crippen MR) is 87.7 cm³/mol. The normalized spacial score (nSPS) is 20.2. The van der Waals surface area contributed by atoms with Crippen LogP contribution in [0.3, 0.4) is 0 Å². The monoisotopic (exact) mass is 328 g/mol. The Balaban J connectivity index is 1.88. The Morgan fingerprint density at radius 1 is 1.17 bits per heavy atom. The molecule has 0 spiro atoms. The number of rotatable bonds is 3. The van der Waals surface area contributed by atoms with Gasteiger partial charge in [0.25, 0.3) is 5.91 Å². The number of esters is 1. The summed E-state index contributed by atoms with van der Waals surface area (Å²) in [5, 5.41) is 9.46. The van der Waals surface area contributed by atoms with Crippen LogP contribution in [-0.2, 0) is 16.6 Å². The number of aromatic hydroxyl groups is 1. The van der Waals surface area contributed by atoms with Gasteiger partial charge in [-0.05, 0) is 29.8 Å². The minimum Gasteiger partial charge on any atom is -0.508 e. The first-order chi connectivity index (χ1) is 11.5. The maximum absolute atomic E-state index is 12.7. The molecule has 1 aromatic heterocycles. The number of phenols is 1. The fraction of sp³-hybridized carbons (Fsp3) is 0.333. The van der Waals surface area contributed by atoms with Crippen molar-refractivity contribution in [3.8, 4) is 5.75 Å². The lowest BCUT2D eigenvalue weighted by Crippen LogP contribution is -2.31. The standard InChI is InChI=1S/C18H20N2O4/c1-19-9-3-4-16(19)17(22)20-10-14(15(11-20)18(23)24-2)12-5-7-13(21)8-6-12/h3-9,14-15,21H,10-11H2,1-2H3/t14-,15+/m0/s1. The maximum atomic E-state index is 12.7. The predicted octanol–water partition coefficient (Wildman–Crippen LogP) is 1.76. The molecule has 6 heteroatoms. The van der Waals surface area contributed by atoms with Gasteiger partial charge in [-0.15, -0.1) is 0 Å². The van der Waals surface area contributed by atoms with Crippen molar-refractivity contribution in [3.63, 3.8) is 0 Å². The van der Waals surface area contributed by atoms with Gasteiger partial charge in [0.05, 0.1) is 13.0 Å². The number of hydrogen-bond acceptors (Lipinski definition) is 4. The zero-order valence-electron chi connectivity index (χ0n) is 13.7. The summed E-state index contributed by atoms with van der Waals surface area (Å²) in [6, 6.07) is 10.3. The van der Waals surface area contributed by atoms with Crippen LogP contribution >= 0.6 is 0 Å². The molecule has 1 aromatic carbocycles. The third kappa shape index (κ3) is 2.87. The molecule has 1 saturated heterocycles. The number of likely N-dealkylation sites (tertiary alicyclic amines) is 1. The Labute approximate surface area is 140 Å². The first kappa shape index (κ1) is 16.1. The molecule has 126 valence electrons. The Morgan fingerprint density at radius 2 is 1.88 bits per heavy atom. The summed E-state index contributed by atoms with van der Waals surface area (Å²) in [5.74, 6) is -0.818. The summed E-state index contributed by atoms with van der Waals surface area (Å²) < 4.78 is 6.69. The number of carbonyl (C=O) groups is 2. The van der Waals surface area contributed by atoms with Gasteiger partial charge < -0.3 is 19.3 Å². The molecule has 0 radical (unpaired) electrons.